The Hall–Kier alpha value is -0.570. The van der Waals surface area contributed by atoms with Crippen LogP contribution in [0.4, 0.5) is 0 Å². The molecule has 5 fully saturated rings. The summed E-state index contributed by atoms with van der Waals surface area (Å²) in [4.78, 5) is 12.7. The number of carbonyl (C=O) groups is 1. The minimum atomic E-state index is 0.174. The Kier molecular flexibility index (Phi) is 3.10. The molecule has 3 nitrogen and oxygen atoms in total. The monoisotopic (exact) mass is 276 g/mol. The highest BCUT2D eigenvalue weighted by Gasteiger charge is 2.51. The normalized spacial score (nSPS) is 50.1. The van der Waals surface area contributed by atoms with E-state index in [1.165, 1.54) is 38.5 Å². The highest BCUT2D eigenvalue weighted by molar-refractivity contribution is 5.79. The zero-order valence-electron chi connectivity index (χ0n) is 12.4. The molecule has 0 saturated heterocycles. The van der Waals surface area contributed by atoms with Crippen molar-refractivity contribution in [3.8, 4) is 0 Å². The Morgan fingerprint density at radius 1 is 0.950 bits per heavy atom. The number of hydrogen-bond acceptors (Lipinski definition) is 2. The smallest absolute Gasteiger partial charge is 0.223 e. The van der Waals surface area contributed by atoms with Gasteiger partial charge in [0.15, 0.2) is 0 Å². The summed E-state index contributed by atoms with van der Waals surface area (Å²) in [7, 11) is 0. The molecule has 112 valence electrons. The molecule has 0 aromatic rings. The lowest BCUT2D eigenvalue weighted by atomic mass is 9.53. The molecule has 0 spiro atoms. The third-order valence-corrected chi connectivity index (χ3v) is 6.51. The van der Waals surface area contributed by atoms with Gasteiger partial charge in [0.1, 0.15) is 0 Å². The van der Waals surface area contributed by atoms with Crippen LogP contribution in [0.2, 0.25) is 0 Å². The van der Waals surface area contributed by atoms with Gasteiger partial charge in [-0.1, -0.05) is 6.42 Å². The molecule has 4 bridgehead atoms. The molecule has 2 atom stereocenters. The first kappa shape index (κ1) is 13.1. The van der Waals surface area contributed by atoms with Gasteiger partial charge in [0.05, 0.1) is 0 Å². The molecule has 3 heteroatoms. The van der Waals surface area contributed by atoms with Crippen LogP contribution in [-0.2, 0) is 4.79 Å². The van der Waals surface area contributed by atoms with Crippen LogP contribution in [-0.4, -0.2) is 17.5 Å². The van der Waals surface area contributed by atoms with Crippen LogP contribution in [0.1, 0.15) is 64.2 Å². The summed E-state index contributed by atoms with van der Waals surface area (Å²) >= 11 is 0. The van der Waals surface area contributed by atoms with Crippen molar-refractivity contribution in [2.75, 3.05) is 0 Å². The summed E-state index contributed by atoms with van der Waals surface area (Å²) in [5.41, 5.74) is 6.22. The molecule has 0 radical (unpaired) electrons. The lowest BCUT2D eigenvalue weighted by Crippen LogP contribution is -2.61. The second-order valence-electron chi connectivity index (χ2n) is 8.31. The van der Waals surface area contributed by atoms with Gasteiger partial charge in [-0.3, -0.25) is 4.79 Å². The maximum absolute atomic E-state index is 12.7. The lowest BCUT2D eigenvalue weighted by molar-refractivity contribution is -0.131. The average molecular weight is 276 g/mol. The van der Waals surface area contributed by atoms with Crippen LogP contribution in [0.15, 0.2) is 0 Å². The maximum atomic E-state index is 12.7. The third-order valence-electron chi connectivity index (χ3n) is 6.51. The number of carbonyl (C=O) groups excluding carboxylic acids is 1. The van der Waals surface area contributed by atoms with E-state index in [0.717, 1.165) is 43.4 Å². The van der Waals surface area contributed by atoms with E-state index >= 15 is 0 Å². The second-order valence-corrected chi connectivity index (χ2v) is 8.31. The number of nitrogens with two attached hydrogens (primary N) is 1. The lowest BCUT2D eigenvalue weighted by Gasteiger charge is -2.57. The average Bonchev–Trinajstić information content (AvgIpc) is 2.36. The van der Waals surface area contributed by atoms with E-state index in [-0.39, 0.29) is 17.5 Å². The summed E-state index contributed by atoms with van der Waals surface area (Å²) in [5.74, 6) is 3.20. The topological polar surface area (TPSA) is 55.1 Å². The van der Waals surface area contributed by atoms with E-state index in [2.05, 4.69) is 5.32 Å². The summed E-state index contributed by atoms with van der Waals surface area (Å²) in [6.07, 6.45) is 12.2. The fraction of sp³-hybridized carbons (Fsp3) is 0.941. The van der Waals surface area contributed by atoms with Crippen LogP contribution in [0.5, 0.6) is 0 Å². The first-order chi connectivity index (χ1) is 9.62. The van der Waals surface area contributed by atoms with E-state index in [4.69, 9.17) is 5.73 Å². The van der Waals surface area contributed by atoms with Gasteiger partial charge in [0.25, 0.3) is 0 Å². The maximum Gasteiger partial charge on any atom is 0.223 e. The molecule has 0 heterocycles. The van der Waals surface area contributed by atoms with Crippen LogP contribution < -0.4 is 11.1 Å². The van der Waals surface area contributed by atoms with Gasteiger partial charge in [-0.05, 0) is 75.5 Å². The van der Waals surface area contributed by atoms with Crippen molar-refractivity contribution < 1.29 is 4.79 Å². The highest BCUT2D eigenvalue weighted by Crippen LogP contribution is 2.55. The quantitative estimate of drug-likeness (QED) is 0.814. The summed E-state index contributed by atoms with van der Waals surface area (Å²) < 4.78 is 0. The predicted octanol–water partition coefficient (Wildman–Crippen LogP) is 2.59. The van der Waals surface area contributed by atoms with E-state index in [0.29, 0.717) is 5.91 Å². The Balaban J connectivity index is 1.44. The zero-order chi connectivity index (χ0) is 13.7. The van der Waals surface area contributed by atoms with Crippen molar-refractivity contribution in [2.24, 2.45) is 29.4 Å². The molecule has 5 aliphatic carbocycles. The molecular formula is C17H28N2O. The molecule has 5 rings (SSSR count). The summed E-state index contributed by atoms with van der Waals surface area (Å²) in [6.45, 7) is 0. The molecule has 0 aromatic heterocycles. The summed E-state index contributed by atoms with van der Waals surface area (Å²) in [5, 5.41) is 3.52. The number of nitrogens with one attached hydrogen (secondary N) is 1. The van der Waals surface area contributed by atoms with Crippen LogP contribution >= 0.6 is 0 Å². The fourth-order valence-corrected chi connectivity index (χ4v) is 6.09. The van der Waals surface area contributed by atoms with Crippen molar-refractivity contribution in [2.45, 2.75) is 75.8 Å². The Morgan fingerprint density at radius 3 is 2.10 bits per heavy atom. The van der Waals surface area contributed by atoms with Gasteiger partial charge in [0.2, 0.25) is 5.91 Å². The molecule has 5 aliphatic rings. The minimum Gasteiger partial charge on any atom is -0.350 e. The molecule has 3 N–H and O–H groups in total. The Morgan fingerprint density at radius 2 is 1.55 bits per heavy atom. The highest BCUT2D eigenvalue weighted by atomic mass is 16.2. The standard InChI is InChI=1S/C17H28N2O/c18-15-3-1-2-14(7-15)16(20)19-17-8-11-4-12(9-17)6-13(5-11)10-17/h11-15H,1-10,18H2,(H,19,20). The van der Waals surface area contributed by atoms with E-state index in [9.17, 15) is 4.79 Å². The Labute approximate surface area is 122 Å². The van der Waals surface area contributed by atoms with E-state index in [1.54, 1.807) is 0 Å². The second kappa shape index (κ2) is 4.72. The van der Waals surface area contributed by atoms with Crippen molar-refractivity contribution >= 4 is 5.91 Å². The van der Waals surface area contributed by atoms with Gasteiger partial charge < -0.3 is 11.1 Å². The van der Waals surface area contributed by atoms with Crippen molar-refractivity contribution in [1.82, 2.24) is 5.32 Å². The molecule has 1 amide bonds. The molecule has 5 saturated carbocycles. The van der Waals surface area contributed by atoms with Crippen molar-refractivity contribution in [3.63, 3.8) is 0 Å². The number of hydrogen-bond donors (Lipinski definition) is 2. The van der Waals surface area contributed by atoms with Gasteiger partial charge in [0, 0.05) is 17.5 Å². The third kappa shape index (κ3) is 2.28. The van der Waals surface area contributed by atoms with Crippen LogP contribution in [0.3, 0.4) is 0 Å². The van der Waals surface area contributed by atoms with Crippen molar-refractivity contribution in [1.29, 1.82) is 0 Å². The zero-order valence-corrected chi connectivity index (χ0v) is 12.4. The first-order valence-corrected chi connectivity index (χ1v) is 8.69. The first-order valence-electron chi connectivity index (χ1n) is 8.69. The van der Waals surface area contributed by atoms with Gasteiger partial charge in [-0.2, -0.15) is 0 Å². The van der Waals surface area contributed by atoms with Gasteiger partial charge in [-0.25, -0.2) is 0 Å². The van der Waals surface area contributed by atoms with Crippen LogP contribution in [0.25, 0.3) is 0 Å². The minimum absolute atomic E-state index is 0.174. The molecule has 2 unspecified atom stereocenters. The molecule has 20 heavy (non-hydrogen) atoms. The molecule has 0 aliphatic heterocycles. The molecular weight excluding hydrogens is 248 g/mol. The number of rotatable bonds is 2. The van der Waals surface area contributed by atoms with E-state index in [1.807, 2.05) is 0 Å². The van der Waals surface area contributed by atoms with Gasteiger partial charge >= 0.3 is 0 Å². The number of amides is 1. The van der Waals surface area contributed by atoms with Gasteiger partial charge in [-0.15, -0.1) is 0 Å². The molecule has 0 aromatic carbocycles. The Bertz CT molecular complexity index is 371. The van der Waals surface area contributed by atoms with E-state index < -0.39 is 0 Å². The fourth-order valence-electron chi connectivity index (χ4n) is 6.09. The van der Waals surface area contributed by atoms with Crippen LogP contribution in [0, 0.1) is 23.7 Å². The SMILES string of the molecule is NC1CCCC(C(=O)NC23CC4CC(CC(C4)C2)C3)C1. The summed E-state index contributed by atoms with van der Waals surface area (Å²) in [6, 6.07) is 0.246. The van der Waals surface area contributed by atoms with Crippen molar-refractivity contribution in [3.05, 3.63) is 0 Å². The largest absolute Gasteiger partial charge is 0.350 e. The predicted molar refractivity (Wildman–Crippen MR) is 79.0 cm³/mol.